The first-order valence-electron chi connectivity index (χ1n) is 7.10. The zero-order chi connectivity index (χ0) is 13.2. The van der Waals surface area contributed by atoms with Crippen LogP contribution in [0.25, 0.3) is 0 Å². The molecule has 0 aliphatic carbocycles. The van der Waals surface area contributed by atoms with Crippen molar-refractivity contribution in [3.63, 3.8) is 0 Å². The van der Waals surface area contributed by atoms with Crippen LogP contribution >= 0.6 is 0 Å². The van der Waals surface area contributed by atoms with Crippen LogP contribution < -0.4 is 10.3 Å². The Kier molecular flexibility index (Phi) is 3.42. The van der Waals surface area contributed by atoms with Crippen LogP contribution in [0.2, 0.25) is 0 Å². The van der Waals surface area contributed by atoms with Gasteiger partial charge in [-0.3, -0.25) is 14.8 Å². The van der Waals surface area contributed by atoms with Crippen molar-refractivity contribution in [2.24, 2.45) is 0 Å². The third-order valence-corrected chi connectivity index (χ3v) is 4.11. The molecule has 1 amide bonds. The van der Waals surface area contributed by atoms with Crippen LogP contribution in [0.15, 0.2) is 24.3 Å². The van der Waals surface area contributed by atoms with Gasteiger partial charge in [-0.25, -0.2) is 0 Å². The number of carbonyl (C=O) groups is 1. The number of anilines is 1. The summed E-state index contributed by atoms with van der Waals surface area (Å²) in [5, 5.41) is 7.32. The molecule has 1 aromatic carbocycles. The van der Waals surface area contributed by atoms with Crippen molar-refractivity contribution in [1.82, 2.24) is 10.3 Å². The molecule has 2 aliphatic rings. The predicted octanol–water partition coefficient (Wildman–Crippen LogP) is 1.56. The maximum Gasteiger partial charge on any atom is 0.242 e. The molecule has 102 valence electrons. The summed E-state index contributed by atoms with van der Waals surface area (Å²) < 4.78 is 0. The number of hydrogen-bond donors (Lipinski definition) is 1. The number of rotatable bonds is 3. The van der Waals surface area contributed by atoms with Gasteiger partial charge in [0.2, 0.25) is 5.91 Å². The van der Waals surface area contributed by atoms with Crippen molar-refractivity contribution in [3.05, 3.63) is 29.8 Å². The summed E-state index contributed by atoms with van der Waals surface area (Å²) in [6.45, 7) is 1.94. The summed E-state index contributed by atoms with van der Waals surface area (Å²) in [4.78, 5) is 11.6. The fourth-order valence-corrected chi connectivity index (χ4v) is 3.01. The van der Waals surface area contributed by atoms with E-state index in [1.54, 1.807) is 5.01 Å². The minimum Gasteiger partial charge on any atom is -0.314 e. The van der Waals surface area contributed by atoms with Crippen LogP contribution in [0.3, 0.4) is 0 Å². The average Bonchev–Trinajstić information content (AvgIpc) is 3.02. The largest absolute Gasteiger partial charge is 0.314 e. The highest BCUT2D eigenvalue weighted by molar-refractivity contribution is 5.81. The average molecular weight is 259 g/mol. The number of nitrogens with one attached hydrogen (secondary N) is 1. The van der Waals surface area contributed by atoms with Gasteiger partial charge in [-0.15, -0.1) is 0 Å². The van der Waals surface area contributed by atoms with E-state index < -0.39 is 0 Å². The molecule has 0 bridgehead atoms. The lowest BCUT2D eigenvalue weighted by molar-refractivity contribution is -0.126. The molecule has 2 saturated heterocycles. The second-order valence-corrected chi connectivity index (χ2v) is 5.46. The molecule has 2 aliphatic heterocycles. The molecule has 4 nitrogen and oxygen atoms in total. The molecule has 1 N–H and O–H groups in total. The van der Waals surface area contributed by atoms with Crippen molar-refractivity contribution < 1.29 is 4.79 Å². The highest BCUT2D eigenvalue weighted by atomic mass is 16.2. The Labute approximate surface area is 114 Å². The third-order valence-electron chi connectivity index (χ3n) is 4.11. The molecule has 1 unspecified atom stereocenters. The van der Waals surface area contributed by atoms with E-state index in [2.05, 4.69) is 34.6 Å². The highest BCUT2D eigenvalue weighted by Gasteiger charge is 2.25. The predicted molar refractivity (Wildman–Crippen MR) is 75.9 cm³/mol. The first kappa shape index (κ1) is 12.5. The van der Waals surface area contributed by atoms with E-state index in [4.69, 9.17) is 0 Å². The Hall–Kier alpha value is -1.55. The van der Waals surface area contributed by atoms with Gasteiger partial charge in [0.05, 0.1) is 5.69 Å². The lowest BCUT2D eigenvalue weighted by Crippen LogP contribution is -2.35. The van der Waals surface area contributed by atoms with E-state index >= 15 is 0 Å². The highest BCUT2D eigenvalue weighted by Crippen LogP contribution is 2.23. The minimum atomic E-state index is 0.197. The summed E-state index contributed by atoms with van der Waals surface area (Å²) in [5.41, 5.74) is 2.48. The van der Waals surface area contributed by atoms with Gasteiger partial charge in [-0.05, 0) is 43.5 Å². The topological polar surface area (TPSA) is 35.6 Å². The van der Waals surface area contributed by atoms with Crippen molar-refractivity contribution in [1.29, 1.82) is 0 Å². The van der Waals surface area contributed by atoms with E-state index in [0.717, 1.165) is 25.2 Å². The van der Waals surface area contributed by atoms with Gasteiger partial charge in [-0.1, -0.05) is 12.1 Å². The molecule has 0 aromatic heterocycles. The summed E-state index contributed by atoms with van der Waals surface area (Å²) in [6, 6.07) is 9.20. The minimum absolute atomic E-state index is 0.197. The van der Waals surface area contributed by atoms with Crippen molar-refractivity contribution in [3.8, 4) is 0 Å². The molecular formula is C15H21N3O. The zero-order valence-corrected chi connectivity index (χ0v) is 11.4. The zero-order valence-electron chi connectivity index (χ0n) is 11.4. The number of hydrogen-bond acceptors (Lipinski definition) is 3. The van der Waals surface area contributed by atoms with Crippen molar-refractivity contribution >= 4 is 11.6 Å². The summed E-state index contributed by atoms with van der Waals surface area (Å²) >= 11 is 0. The van der Waals surface area contributed by atoms with Crippen LogP contribution in [0.1, 0.15) is 24.8 Å². The summed E-state index contributed by atoms with van der Waals surface area (Å²) in [6.07, 6.45) is 4.25. The molecule has 0 saturated carbocycles. The van der Waals surface area contributed by atoms with Crippen LogP contribution in [0.5, 0.6) is 0 Å². The van der Waals surface area contributed by atoms with Crippen LogP contribution in [-0.2, 0) is 11.2 Å². The number of hydrazine groups is 1. The first-order chi connectivity index (χ1) is 9.24. The van der Waals surface area contributed by atoms with Crippen molar-refractivity contribution in [2.75, 3.05) is 25.1 Å². The van der Waals surface area contributed by atoms with Gasteiger partial charge < -0.3 is 5.32 Å². The monoisotopic (exact) mass is 259 g/mol. The molecule has 4 heteroatoms. The smallest absolute Gasteiger partial charge is 0.242 e. The number of benzene rings is 1. The van der Waals surface area contributed by atoms with Gasteiger partial charge in [0.1, 0.15) is 0 Å². The van der Waals surface area contributed by atoms with Gasteiger partial charge in [0, 0.05) is 26.1 Å². The van der Waals surface area contributed by atoms with E-state index in [1.165, 1.54) is 18.4 Å². The number of amides is 1. The molecule has 19 heavy (non-hydrogen) atoms. The number of nitrogens with zero attached hydrogens (tertiary/aromatic N) is 2. The SMILES string of the molecule is CN1C(=O)CCN1c1cccc(CC2CCCN2)c1. The molecule has 2 heterocycles. The van der Waals surface area contributed by atoms with Crippen LogP contribution in [0.4, 0.5) is 5.69 Å². The maximum absolute atomic E-state index is 11.6. The lowest BCUT2D eigenvalue weighted by Gasteiger charge is -2.26. The second kappa shape index (κ2) is 5.21. The molecule has 1 aromatic rings. The molecule has 1 atom stereocenters. The summed E-state index contributed by atoms with van der Waals surface area (Å²) in [5.74, 6) is 0.197. The van der Waals surface area contributed by atoms with Gasteiger partial charge in [0.25, 0.3) is 0 Å². The molecular weight excluding hydrogens is 238 g/mol. The van der Waals surface area contributed by atoms with Crippen molar-refractivity contribution in [2.45, 2.75) is 31.7 Å². The Morgan fingerprint density at radius 3 is 3.00 bits per heavy atom. The van der Waals surface area contributed by atoms with E-state index in [-0.39, 0.29) is 5.91 Å². The number of carbonyl (C=O) groups excluding carboxylic acids is 1. The first-order valence-corrected chi connectivity index (χ1v) is 7.10. The van der Waals surface area contributed by atoms with Gasteiger partial charge in [0.15, 0.2) is 0 Å². The maximum atomic E-state index is 11.6. The Morgan fingerprint density at radius 1 is 1.42 bits per heavy atom. The fraction of sp³-hybridized carbons (Fsp3) is 0.533. The van der Waals surface area contributed by atoms with Crippen LogP contribution in [0, 0.1) is 0 Å². The standard InChI is InChI=1S/C15H21N3O/c1-17-15(19)7-9-18(17)14-6-2-4-12(11-14)10-13-5-3-8-16-13/h2,4,6,11,13,16H,3,5,7-10H2,1H3. The van der Waals surface area contributed by atoms with Gasteiger partial charge in [-0.2, -0.15) is 0 Å². The molecule has 3 rings (SSSR count). The fourth-order valence-electron chi connectivity index (χ4n) is 3.01. The molecule has 0 spiro atoms. The normalized spacial score (nSPS) is 23.4. The Morgan fingerprint density at radius 2 is 2.32 bits per heavy atom. The lowest BCUT2D eigenvalue weighted by atomic mass is 10.0. The molecule has 2 fully saturated rings. The van der Waals surface area contributed by atoms with E-state index in [1.807, 2.05) is 7.05 Å². The second-order valence-electron chi connectivity index (χ2n) is 5.46. The van der Waals surface area contributed by atoms with Gasteiger partial charge >= 0.3 is 0 Å². The van der Waals surface area contributed by atoms with E-state index in [9.17, 15) is 4.79 Å². The van der Waals surface area contributed by atoms with Crippen LogP contribution in [-0.4, -0.2) is 37.1 Å². The van der Waals surface area contributed by atoms with E-state index in [0.29, 0.717) is 12.5 Å². The Balaban J connectivity index is 1.74. The quantitative estimate of drug-likeness (QED) is 0.895. The summed E-state index contributed by atoms with van der Waals surface area (Å²) in [7, 11) is 1.85. The third kappa shape index (κ3) is 2.59. The Bertz CT molecular complexity index is 468. The molecule has 0 radical (unpaired) electrons.